The van der Waals surface area contributed by atoms with Crippen LogP contribution in [0.5, 0.6) is 0 Å². The lowest BCUT2D eigenvalue weighted by molar-refractivity contribution is 0.212. The van der Waals surface area contributed by atoms with Crippen LogP contribution in [0.4, 0.5) is 4.79 Å². The van der Waals surface area contributed by atoms with E-state index in [4.69, 9.17) is 5.73 Å². The van der Waals surface area contributed by atoms with E-state index < -0.39 is 0 Å². The Kier molecular flexibility index (Phi) is 4.20. The fourth-order valence-electron chi connectivity index (χ4n) is 1.91. The van der Waals surface area contributed by atoms with Gasteiger partial charge in [-0.2, -0.15) is 0 Å². The number of nitrogens with one attached hydrogen (secondary N) is 1. The Hall–Kier alpha value is -0.770. The monoisotopic (exact) mass is 199 g/mol. The second kappa shape index (κ2) is 5.20. The van der Waals surface area contributed by atoms with E-state index in [1.807, 2.05) is 0 Å². The number of nitrogens with two attached hydrogens (primary N) is 1. The van der Waals surface area contributed by atoms with Crippen molar-refractivity contribution in [2.24, 2.45) is 11.7 Å². The SMILES string of the molecule is CN(C)C(=O)NCC1CCCC(N)C1. The van der Waals surface area contributed by atoms with Gasteiger partial charge in [0, 0.05) is 26.7 Å². The van der Waals surface area contributed by atoms with Gasteiger partial charge in [0.2, 0.25) is 0 Å². The molecule has 1 saturated carbocycles. The van der Waals surface area contributed by atoms with Crippen LogP contribution in [0.3, 0.4) is 0 Å². The van der Waals surface area contributed by atoms with Gasteiger partial charge in [0.15, 0.2) is 0 Å². The predicted molar refractivity (Wildman–Crippen MR) is 57.0 cm³/mol. The van der Waals surface area contributed by atoms with Crippen molar-refractivity contribution in [1.29, 1.82) is 0 Å². The molecule has 1 aliphatic carbocycles. The summed E-state index contributed by atoms with van der Waals surface area (Å²) in [6.45, 7) is 0.769. The summed E-state index contributed by atoms with van der Waals surface area (Å²) in [5.41, 5.74) is 5.87. The van der Waals surface area contributed by atoms with Gasteiger partial charge >= 0.3 is 6.03 Å². The summed E-state index contributed by atoms with van der Waals surface area (Å²) >= 11 is 0. The summed E-state index contributed by atoms with van der Waals surface area (Å²) in [4.78, 5) is 12.8. The molecule has 0 saturated heterocycles. The Bertz CT molecular complexity index is 194. The summed E-state index contributed by atoms with van der Waals surface area (Å²) in [5, 5.41) is 2.90. The summed E-state index contributed by atoms with van der Waals surface area (Å²) in [6, 6.07) is 0.328. The third-order valence-corrected chi connectivity index (χ3v) is 2.77. The van der Waals surface area contributed by atoms with Crippen molar-refractivity contribution in [3.8, 4) is 0 Å². The molecule has 4 heteroatoms. The molecular formula is C10H21N3O. The lowest BCUT2D eigenvalue weighted by Crippen LogP contribution is -2.40. The first-order chi connectivity index (χ1) is 6.59. The average molecular weight is 199 g/mol. The van der Waals surface area contributed by atoms with Crippen LogP contribution < -0.4 is 11.1 Å². The number of nitrogens with zero attached hydrogens (tertiary/aromatic N) is 1. The van der Waals surface area contributed by atoms with Crippen molar-refractivity contribution in [3.05, 3.63) is 0 Å². The molecule has 0 aliphatic heterocycles. The summed E-state index contributed by atoms with van der Waals surface area (Å²) in [5.74, 6) is 0.572. The molecule has 82 valence electrons. The van der Waals surface area contributed by atoms with Crippen LogP contribution in [-0.2, 0) is 0 Å². The van der Waals surface area contributed by atoms with Crippen molar-refractivity contribution >= 4 is 6.03 Å². The normalized spacial score (nSPS) is 27.1. The summed E-state index contributed by atoms with van der Waals surface area (Å²) < 4.78 is 0. The van der Waals surface area contributed by atoms with E-state index in [9.17, 15) is 4.79 Å². The van der Waals surface area contributed by atoms with E-state index in [1.54, 1.807) is 19.0 Å². The van der Waals surface area contributed by atoms with E-state index in [1.165, 1.54) is 12.8 Å². The van der Waals surface area contributed by atoms with Crippen LogP contribution in [0.25, 0.3) is 0 Å². The van der Waals surface area contributed by atoms with Crippen LogP contribution >= 0.6 is 0 Å². The molecule has 0 heterocycles. The minimum Gasteiger partial charge on any atom is -0.338 e. The number of hydrogen-bond acceptors (Lipinski definition) is 2. The lowest BCUT2D eigenvalue weighted by Gasteiger charge is -2.27. The zero-order valence-corrected chi connectivity index (χ0v) is 9.12. The van der Waals surface area contributed by atoms with Crippen molar-refractivity contribution in [3.63, 3.8) is 0 Å². The molecule has 0 spiro atoms. The molecule has 4 nitrogen and oxygen atoms in total. The Labute approximate surface area is 85.8 Å². The van der Waals surface area contributed by atoms with E-state index in [-0.39, 0.29) is 6.03 Å². The number of rotatable bonds is 2. The molecule has 0 aromatic heterocycles. The van der Waals surface area contributed by atoms with Gasteiger partial charge in [-0.3, -0.25) is 0 Å². The average Bonchev–Trinajstić information content (AvgIpc) is 2.14. The summed E-state index contributed by atoms with van der Waals surface area (Å²) in [7, 11) is 3.50. The first-order valence-electron chi connectivity index (χ1n) is 5.30. The molecule has 0 aromatic rings. The Morgan fingerprint density at radius 1 is 1.50 bits per heavy atom. The van der Waals surface area contributed by atoms with Crippen molar-refractivity contribution < 1.29 is 4.79 Å². The smallest absolute Gasteiger partial charge is 0.316 e. The van der Waals surface area contributed by atoms with E-state index >= 15 is 0 Å². The molecular weight excluding hydrogens is 178 g/mol. The molecule has 0 bridgehead atoms. The standard InChI is InChI=1S/C10H21N3O/c1-13(2)10(14)12-7-8-4-3-5-9(11)6-8/h8-9H,3-7,11H2,1-2H3,(H,12,14). The lowest BCUT2D eigenvalue weighted by atomic mass is 9.86. The fourth-order valence-corrected chi connectivity index (χ4v) is 1.91. The molecule has 2 amide bonds. The number of carbonyl (C=O) groups is 1. The first kappa shape index (κ1) is 11.3. The van der Waals surface area contributed by atoms with Gasteiger partial charge in [-0.1, -0.05) is 6.42 Å². The topological polar surface area (TPSA) is 58.4 Å². The van der Waals surface area contributed by atoms with E-state index in [0.29, 0.717) is 12.0 Å². The minimum atomic E-state index is -0.0101. The van der Waals surface area contributed by atoms with Gasteiger partial charge in [0.25, 0.3) is 0 Å². The number of carbonyl (C=O) groups excluding carboxylic acids is 1. The third kappa shape index (κ3) is 3.54. The second-order valence-electron chi connectivity index (χ2n) is 4.37. The van der Waals surface area contributed by atoms with E-state index in [2.05, 4.69) is 5.32 Å². The second-order valence-corrected chi connectivity index (χ2v) is 4.37. The maximum absolute atomic E-state index is 11.3. The largest absolute Gasteiger partial charge is 0.338 e. The zero-order chi connectivity index (χ0) is 10.6. The van der Waals surface area contributed by atoms with Gasteiger partial charge in [-0.15, -0.1) is 0 Å². The number of urea groups is 1. The summed E-state index contributed by atoms with van der Waals surface area (Å²) in [6.07, 6.45) is 4.58. The Balaban J connectivity index is 2.20. The highest BCUT2D eigenvalue weighted by molar-refractivity contribution is 5.73. The van der Waals surface area contributed by atoms with Crippen molar-refractivity contribution in [2.45, 2.75) is 31.7 Å². The predicted octanol–water partition coefficient (Wildman–Crippen LogP) is 0.775. The van der Waals surface area contributed by atoms with Gasteiger partial charge in [-0.05, 0) is 25.2 Å². The molecule has 2 atom stereocenters. The van der Waals surface area contributed by atoms with Gasteiger partial charge in [0.1, 0.15) is 0 Å². The molecule has 0 aromatic carbocycles. The quantitative estimate of drug-likeness (QED) is 0.690. The molecule has 3 N–H and O–H groups in total. The molecule has 14 heavy (non-hydrogen) atoms. The highest BCUT2D eigenvalue weighted by Gasteiger charge is 2.19. The molecule has 1 fully saturated rings. The number of amides is 2. The molecule has 1 aliphatic rings. The third-order valence-electron chi connectivity index (χ3n) is 2.77. The first-order valence-corrected chi connectivity index (χ1v) is 5.30. The van der Waals surface area contributed by atoms with Crippen LogP contribution in [0.15, 0.2) is 0 Å². The highest BCUT2D eigenvalue weighted by atomic mass is 16.2. The van der Waals surface area contributed by atoms with Gasteiger partial charge in [-0.25, -0.2) is 4.79 Å². The highest BCUT2D eigenvalue weighted by Crippen LogP contribution is 2.22. The molecule has 2 unspecified atom stereocenters. The maximum Gasteiger partial charge on any atom is 0.316 e. The van der Waals surface area contributed by atoms with Gasteiger partial charge < -0.3 is 16.0 Å². The van der Waals surface area contributed by atoms with Crippen LogP contribution in [0.1, 0.15) is 25.7 Å². The van der Waals surface area contributed by atoms with Crippen molar-refractivity contribution in [1.82, 2.24) is 10.2 Å². The van der Waals surface area contributed by atoms with Crippen LogP contribution in [0.2, 0.25) is 0 Å². The zero-order valence-electron chi connectivity index (χ0n) is 9.12. The maximum atomic E-state index is 11.3. The molecule has 0 radical (unpaired) electrons. The van der Waals surface area contributed by atoms with Crippen LogP contribution in [-0.4, -0.2) is 37.6 Å². The Morgan fingerprint density at radius 3 is 2.79 bits per heavy atom. The van der Waals surface area contributed by atoms with Crippen LogP contribution in [0, 0.1) is 5.92 Å². The molecule has 1 rings (SSSR count). The fraction of sp³-hybridized carbons (Fsp3) is 0.900. The van der Waals surface area contributed by atoms with Crippen molar-refractivity contribution in [2.75, 3.05) is 20.6 Å². The van der Waals surface area contributed by atoms with E-state index in [0.717, 1.165) is 19.4 Å². The number of hydrogen-bond donors (Lipinski definition) is 2. The van der Waals surface area contributed by atoms with Gasteiger partial charge in [0.05, 0.1) is 0 Å². The Morgan fingerprint density at radius 2 is 2.21 bits per heavy atom. The minimum absolute atomic E-state index is 0.0101.